The average Bonchev–Trinajstić information content (AvgIpc) is 3.33. The van der Waals surface area contributed by atoms with Crippen LogP contribution in [0.4, 0.5) is 0 Å². The van der Waals surface area contributed by atoms with E-state index in [1.54, 1.807) is 6.20 Å². The first kappa shape index (κ1) is 18.6. The van der Waals surface area contributed by atoms with Crippen molar-refractivity contribution in [2.24, 2.45) is 5.73 Å². The number of benzene rings is 1. The summed E-state index contributed by atoms with van der Waals surface area (Å²) in [5.74, 6) is 0.294. The first-order valence-electron chi connectivity index (χ1n) is 9.95. The molecule has 1 aromatic carbocycles. The smallest absolute Gasteiger partial charge is 0.229 e. The summed E-state index contributed by atoms with van der Waals surface area (Å²) in [6.45, 7) is 6.70. The Bertz CT molecular complexity index is 978. The van der Waals surface area contributed by atoms with Crippen molar-refractivity contribution in [3.63, 3.8) is 0 Å². The van der Waals surface area contributed by atoms with Crippen LogP contribution in [0.5, 0.6) is 0 Å². The molecule has 0 saturated carbocycles. The van der Waals surface area contributed by atoms with Crippen LogP contribution in [0.25, 0.3) is 11.0 Å². The number of carbonyl (C=O) groups is 1. The van der Waals surface area contributed by atoms with Crippen LogP contribution in [0.1, 0.15) is 42.0 Å². The van der Waals surface area contributed by atoms with Crippen LogP contribution >= 0.6 is 0 Å². The highest BCUT2D eigenvalue weighted by atomic mass is 16.2. The van der Waals surface area contributed by atoms with E-state index in [-0.39, 0.29) is 17.7 Å². The third kappa shape index (κ3) is 3.40. The molecule has 3 aromatic rings. The molecule has 0 bridgehead atoms. The Morgan fingerprint density at radius 1 is 1.29 bits per heavy atom. The molecular weight excluding hydrogens is 350 g/mol. The molecule has 2 aromatic heterocycles. The normalized spacial score (nSPS) is 18.0. The van der Waals surface area contributed by atoms with Crippen molar-refractivity contribution in [1.29, 1.82) is 0 Å². The second-order valence-electron chi connectivity index (χ2n) is 7.67. The van der Waals surface area contributed by atoms with E-state index in [1.807, 2.05) is 22.6 Å². The van der Waals surface area contributed by atoms with Crippen molar-refractivity contribution >= 4 is 16.9 Å². The Morgan fingerprint density at radius 3 is 2.82 bits per heavy atom. The van der Waals surface area contributed by atoms with Gasteiger partial charge < -0.3 is 10.6 Å². The Morgan fingerprint density at radius 2 is 2.07 bits per heavy atom. The quantitative estimate of drug-likeness (QED) is 0.742. The molecule has 1 fully saturated rings. The number of nitrogens with two attached hydrogens (primary N) is 1. The zero-order valence-corrected chi connectivity index (χ0v) is 16.5. The molecule has 4 rings (SSSR count). The average molecular weight is 377 g/mol. The van der Waals surface area contributed by atoms with Crippen LogP contribution in [0.15, 0.2) is 42.6 Å². The maximum Gasteiger partial charge on any atom is 0.229 e. The lowest BCUT2D eigenvalue weighted by atomic mass is 9.98. The van der Waals surface area contributed by atoms with Gasteiger partial charge in [-0.2, -0.15) is 5.10 Å². The lowest BCUT2D eigenvalue weighted by molar-refractivity contribution is -0.131. The number of hydrogen-bond donors (Lipinski definition) is 1. The summed E-state index contributed by atoms with van der Waals surface area (Å²) in [4.78, 5) is 19.5. The fourth-order valence-corrected chi connectivity index (χ4v) is 4.07. The second-order valence-corrected chi connectivity index (χ2v) is 7.67. The summed E-state index contributed by atoms with van der Waals surface area (Å²) in [6, 6.07) is 12.2. The van der Waals surface area contributed by atoms with Gasteiger partial charge in [-0.3, -0.25) is 4.79 Å². The van der Waals surface area contributed by atoms with E-state index in [0.29, 0.717) is 19.6 Å². The predicted octanol–water partition coefficient (Wildman–Crippen LogP) is 2.82. The van der Waals surface area contributed by atoms with Crippen LogP contribution in [0.3, 0.4) is 0 Å². The number of aryl methyl sites for hydroxylation is 1. The second kappa shape index (κ2) is 7.72. The predicted molar refractivity (Wildman–Crippen MR) is 110 cm³/mol. The lowest BCUT2D eigenvalue weighted by Crippen LogP contribution is -2.32. The third-order valence-electron chi connectivity index (χ3n) is 5.71. The van der Waals surface area contributed by atoms with E-state index in [0.717, 1.165) is 35.3 Å². The van der Waals surface area contributed by atoms with Gasteiger partial charge in [-0.25, -0.2) is 9.67 Å². The number of rotatable bonds is 5. The monoisotopic (exact) mass is 377 g/mol. The number of aromatic nitrogens is 3. The van der Waals surface area contributed by atoms with Crippen LogP contribution < -0.4 is 5.73 Å². The Balaban J connectivity index is 1.53. The number of nitrogens with zero attached hydrogens (tertiary/aromatic N) is 4. The van der Waals surface area contributed by atoms with Gasteiger partial charge in [-0.1, -0.05) is 29.8 Å². The number of pyridine rings is 1. The van der Waals surface area contributed by atoms with E-state index < -0.39 is 0 Å². The van der Waals surface area contributed by atoms with Gasteiger partial charge in [0.2, 0.25) is 5.91 Å². The Hall–Kier alpha value is -2.73. The first-order chi connectivity index (χ1) is 13.6. The number of fused-ring (bicyclic) bond motifs is 1. The number of amides is 1. The third-order valence-corrected chi connectivity index (χ3v) is 5.71. The molecule has 2 N–H and O–H groups in total. The van der Waals surface area contributed by atoms with Crippen molar-refractivity contribution in [2.75, 3.05) is 19.6 Å². The molecule has 3 heterocycles. The van der Waals surface area contributed by atoms with Gasteiger partial charge in [0.15, 0.2) is 5.65 Å². The van der Waals surface area contributed by atoms with Gasteiger partial charge in [0, 0.05) is 37.1 Å². The van der Waals surface area contributed by atoms with Crippen LogP contribution in [0, 0.1) is 6.92 Å². The highest BCUT2D eigenvalue weighted by Gasteiger charge is 2.32. The molecular formula is C22H27N5O. The molecule has 0 spiro atoms. The molecule has 0 unspecified atom stereocenters. The molecule has 28 heavy (non-hydrogen) atoms. The maximum absolute atomic E-state index is 13.1. The molecule has 0 radical (unpaired) electrons. The number of hydrogen-bond acceptors (Lipinski definition) is 4. The topological polar surface area (TPSA) is 77.0 Å². The summed E-state index contributed by atoms with van der Waals surface area (Å²) in [7, 11) is 0. The summed E-state index contributed by atoms with van der Waals surface area (Å²) in [6.07, 6.45) is 2.71. The minimum Gasteiger partial charge on any atom is -0.341 e. The minimum atomic E-state index is -0.132. The Kier molecular flexibility index (Phi) is 5.13. The van der Waals surface area contributed by atoms with Gasteiger partial charge >= 0.3 is 0 Å². The van der Waals surface area contributed by atoms with Gasteiger partial charge in [-0.15, -0.1) is 0 Å². The summed E-state index contributed by atoms with van der Waals surface area (Å²) >= 11 is 0. The van der Waals surface area contributed by atoms with Crippen LogP contribution in [0.2, 0.25) is 0 Å². The molecule has 0 aliphatic carbocycles. The highest BCUT2D eigenvalue weighted by molar-refractivity contribution is 5.84. The van der Waals surface area contributed by atoms with Gasteiger partial charge in [-0.05, 0) is 38.0 Å². The van der Waals surface area contributed by atoms with E-state index in [9.17, 15) is 4.79 Å². The highest BCUT2D eigenvalue weighted by Crippen LogP contribution is 2.32. The molecule has 146 valence electrons. The molecule has 1 aliphatic rings. The van der Waals surface area contributed by atoms with Crippen molar-refractivity contribution < 1.29 is 4.79 Å². The molecule has 1 aliphatic heterocycles. The molecule has 1 amide bonds. The van der Waals surface area contributed by atoms with Crippen LogP contribution in [-0.4, -0.2) is 45.2 Å². The molecule has 1 saturated heterocycles. The zero-order valence-electron chi connectivity index (χ0n) is 16.5. The summed E-state index contributed by atoms with van der Waals surface area (Å²) in [5.41, 5.74) is 9.92. The van der Waals surface area contributed by atoms with Crippen molar-refractivity contribution in [3.05, 3.63) is 59.4 Å². The zero-order chi connectivity index (χ0) is 19.7. The number of likely N-dealkylation sites (tertiary alicyclic amines) is 1. The molecule has 6 nitrogen and oxygen atoms in total. The van der Waals surface area contributed by atoms with Gasteiger partial charge in [0.25, 0.3) is 0 Å². The van der Waals surface area contributed by atoms with E-state index in [1.165, 1.54) is 5.56 Å². The van der Waals surface area contributed by atoms with Crippen molar-refractivity contribution in [1.82, 2.24) is 19.7 Å². The van der Waals surface area contributed by atoms with Crippen LogP contribution in [-0.2, 0) is 11.3 Å². The van der Waals surface area contributed by atoms with E-state index in [4.69, 9.17) is 10.8 Å². The molecule has 6 heteroatoms. The van der Waals surface area contributed by atoms with Gasteiger partial charge in [0.05, 0.1) is 18.2 Å². The summed E-state index contributed by atoms with van der Waals surface area (Å²) < 4.78 is 1.89. The maximum atomic E-state index is 13.1. The van der Waals surface area contributed by atoms with Crippen molar-refractivity contribution in [3.8, 4) is 0 Å². The molecule has 2 atom stereocenters. The van der Waals surface area contributed by atoms with E-state index in [2.05, 4.69) is 42.2 Å². The van der Waals surface area contributed by atoms with Gasteiger partial charge in [0.1, 0.15) is 0 Å². The fourth-order valence-electron chi connectivity index (χ4n) is 4.07. The number of carbonyl (C=O) groups excluding carboxylic acids is 1. The Labute approximate surface area is 165 Å². The first-order valence-corrected chi connectivity index (χ1v) is 9.95. The summed E-state index contributed by atoms with van der Waals surface area (Å²) in [5, 5.41) is 5.87. The standard InChI is InChI=1S/C22H27N5O/c1-15-5-7-17(8-6-15)16(2)22(28)26-12-9-18(14-26)20-19-4-3-11-24-21(19)27(25-20)13-10-23/h3-8,11,16,18H,9-10,12-14,23H2,1-2H3/t16-,18+/m0/s1. The van der Waals surface area contributed by atoms with E-state index >= 15 is 0 Å². The fraction of sp³-hybridized carbons (Fsp3) is 0.409. The van der Waals surface area contributed by atoms with Crippen molar-refractivity contribution in [2.45, 2.75) is 38.6 Å². The SMILES string of the molecule is Cc1ccc([C@H](C)C(=O)N2CC[C@@H](c3nn(CCN)c4ncccc34)C2)cc1. The lowest BCUT2D eigenvalue weighted by Gasteiger charge is -2.21. The minimum absolute atomic E-state index is 0.132. The largest absolute Gasteiger partial charge is 0.341 e.